The Morgan fingerprint density at radius 1 is 1.58 bits per heavy atom. The predicted octanol–water partition coefficient (Wildman–Crippen LogP) is 2.96. The molecule has 7 nitrogen and oxygen atoms in total. The monoisotopic (exact) mass is 432 g/mol. The van der Waals surface area contributed by atoms with E-state index in [4.69, 9.17) is 12.2 Å². The Morgan fingerprint density at radius 2 is 2.25 bits per heavy atom. The highest BCUT2D eigenvalue weighted by Crippen LogP contribution is 2.42. The van der Waals surface area contributed by atoms with Crippen molar-refractivity contribution in [2.75, 3.05) is 7.05 Å². The molecule has 1 fully saturated rings. The molecule has 0 unspecified atom stereocenters. The highest BCUT2D eigenvalue weighted by Gasteiger charge is 2.49. The summed E-state index contributed by atoms with van der Waals surface area (Å²) in [7, 11) is 1.42. The van der Waals surface area contributed by atoms with E-state index in [1.54, 1.807) is 12.1 Å². The summed E-state index contributed by atoms with van der Waals surface area (Å²) in [5.41, 5.74) is 0.477. The van der Waals surface area contributed by atoms with E-state index in [0.717, 1.165) is 4.47 Å². The van der Waals surface area contributed by atoms with Gasteiger partial charge in [0.05, 0.1) is 11.0 Å². The van der Waals surface area contributed by atoms with Gasteiger partial charge in [0.15, 0.2) is 10.5 Å². The second-order valence-electron chi connectivity index (χ2n) is 5.54. The lowest BCUT2D eigenvalue weighted by atomic mass is 10.1. The van der Waals surface area contributed by atoms with Crippen LogP contribution in [0.4, 0.5) is 4.79 Å². The molecule has 1 heterocycles. The number of amides is 2. The third-order valence-corrected chi connectivity index (χ3v) is 5.38. The molecule has 1 saturated heterocycles. The minimum atomic E-state index is -0.791. The van der Waals surface area contributed by atoms with Crippen molar-refractivity contribution in [1.82, 2.24) is 15.4 Å². The highest BCUT2D eigenvalue weighted by atomic mass is 79.9. The number of phenols is 1. The van der Waals surface area contributed by atoms with Crippen molar-refractivity contribution >= 4 is 56.5 Å². The maximum absolute atomic E-state index is 11.8. The molecule has 0 aromatic heterocycles. The third kappa shape index (κ3) is 3.82. The van der Waals surface area contributed by atoms with Crippen molar-refractivity contribution in [3.63, 3.8) is 0 Å². The maximum atomic E-state index is 11.8. The quantitative estimate of drug-likeness (QED) is 0.294. The van der Waals surface area contributed by atoms with E-state index in [9.17, 15) is 15.1 Å². The molecule has 0 aliphatic carbocycles. The topological polar surface area (TPSA) is 88.4 Å². The van der Waals surface area contributed by atoms with Crippen LogP contribution < -0.4 is 5.32 Å². The minimum absolute atomic E-state index is 0.0580. The normalized spacial score (nSPS) is 19.8. The minimum Gasteiger partial charge on any atom is -0.507 e. The maximum Gasteiger partial charge on any atom is 0.343 e. The fraction of sp³-hybridized carbons (Fsp3) is 0.357. The van der Waals surface area contributed by atoms with Crippen molar-refractivity contribution in [1.29, 1.82) is 0 Å². The molecule has 2 amide bonds. The number of nitrogens with zero attached hydrogens (tertiary/aromatic N) is 3. The molecule has 1 aromatic carbocycles. The number of thiocarbonyl (C=S) groups is 1. The summed E-state index contributed by atoms with van der Waals surface area (Å²) in [4.78, 5) is 11.8. The summed E-state index contributed by atoms with van der Waals surface area (Å²) in [5, 5.41) is 28.7. The molecule has 130 valence electrons. The van der Waals surface area contributed by atoms with Crippen molar-refractivity contribution in [2.45, 2.75) is 24.8 Å². The Morgan fingerprint density at radius 3 is 2.88 bits per heavy atom. The van der Waals surface area contributed by atoms with E-state index in [1.165, 1.54) is 36.1 Å². The Hall–Kier alpha value is -1.36. The van der Waals surface area contributed by atoms with E-state index in [-0.39, 0.29) is 5.75 Å². The number of thioether (sulfide) groups is 1. The van der Waals surface area contributed by atoms with Gasteiger partial charge >= 0.3 is 6.03 Å². The van der Waals surface area contributed by atoms with Gasteiger partial charge in [-0.3, -0.25) is 5.21 Å². The van der Waals surface area contributed by atoms with Gasteiger partial charge in [0, 0.05) is 17.1 Å². The molecule has 0 bridgehead atoms. The number of rotatable bonds is 3. The SMILES string of the molecule is CNC(=O)N(O)[C@H]1N(/N=C\c2cc(Br)ccc2O)C(=S)SC1(C)C. The van der Waals surface area contributed by atoms with Gasteiger partial charge in [0.25, 0.3) is 0 Å². The van der Waals surface area contributed by atoms with E-state index in [0.29, 0.717) is 14.9 Å². The summed E-state index contributed by atoms with van der Waals surface area (Å²) in [6.07, 6.45) is 0.638. The first kappa shape index (κ1) is 19.0. The summed E-state index contributed by atoms with van der Waals surface area (Å²) in [6.45, 7) is 3.71. The van der Waals surface area contributed by atoms with Crippen LogP contribution in [0.15, 0.2) is 27.8 Å². The molecule has 0 saturated carbocycles. The molecule has 0 spiro atoms. The third-order valence-electron chi connectivity index (χ3n) is 3.36. The number of hydrogen-bond donors (Lipinski definition) is 3. The molecule has 1 aliphatic rings. The van der Waals surface area contributed by atoms with Gasteiger partial charge in [0.2, 0.25) is 0 Å². The van der Waals surface area contributed by atoms with Gasteiger partial charge in [-0.1, -0.05) is 39.9 Å². The van der Waals surface area contributed by atoms with Crippen LogP contribution in [0.5, 0.6) is 5.75 Å². The zero-order valence-corrected chi connectivity index (χ0v) is 16.4. The molecule has 3 N–H and O–H groups in total. The van der Waals surface area contributed by atoms with Crippen LogP contribution >= 0.6 is 39.9 Å². The zero-order chi connectivity index (χ0) is 18.1. The number of hydrazone groups is 1. The average Bonchev–Trinajstić information content (AvgIpc) is 2.74. The number of phenolic OH excluding ortho intramolecular Hbond substituents is 1. The van der Waals surface area contributed by atoms with Crippen molar-refractivity contribution < 1.29 is 15.1 Å². The summed E-state index contributed by atoms with van der Waals surface area (Å²) >= 11 is 9.97. The van der Waals surface area contributed by atoms with Gasteiger partial charge in [-0.25, -0.2) is 9.80 Å². The van der Waals surface area contributed by atoms with Gasteiger partial charge in [0.1, 0.15) is 5.75 Å². The molecule has 1 aromatic rings. The fourth-order valence-electron chi connectivity index (χ4n) is 2.21. The van der Waals surface area contributed by atoms with Crippen molar-refractivity contribution in [3.05, 3.63) is 28.2 Å². The van der Waals surface area contributed by atoms with Crippen LogP contribution in [0, 0.1) is 0 Å². The molecule has 1 atom stereocenters. The summed E-state index contributed by atoms with van der Waals surface area (Å²) in [6, 6.07) is 4.27. The van der Waals surface area contributed by atoms with Crippen molar-refractivity contribution in [2.24, 2.45) is 5.10 Å². The van der Waals surface area contributed by atoms with Crippen LogP contribution in [-0.4, -0.2) is 54.9 Å². The van der Waals surface area contributed by atoms with Gasteiger partial charge < -0.3 is 10.4 Å². The molecule has 24 heavy (non-hydrogen) atoms. The largest absolute Gasteiger partial charge is 0.507 e. The molecule has 0 radical (unpaired) electrons. The molecule has 10 heteroatoms. The molecule has 2 rings (SSSR count). The number of hydrogen-bond acceptors (Lipinski definition) is 6. The van der Waals surface area contributed by atoms with Gasteiger partial charge in [-0.15, -0.1) is 0 Å². The lowest BCUT2D eigenvalue weighted by Gasteiger charge is -2.33. The van der Waals surface area contributed by atoms with Gasteiger partial charge in [-0.05, 0) is 32.0 Å². The van der Waals surface area contributed by atoms with E-state index < -0.39 is 16.9 Å². The Kier molecular flexibility index (Phi) is 5.74. The number of carbonyl (C=O) groups is 1. The highest BCUT2D eigenvalue weighted by molar-refractivity contribution is 9.10. The molecule has 1 aliphatic heterocycles. The lowest BCUT2D eigenvalue weighted by Crippen LogP contribution is -2.55. The Balaban J connectivity index is 2.35. The fourth-order valence-corrected chi connectivity index (χ4v) is 4.37. The first-order valence-electron chi connectivity index (χ1n) is 6.92. The number of nitrogens with one attached hydrogen (secondary N) is 1. The number of halogens is 1. The zero-order valence-electron chi connectivity index (χ0n) is 13.2. The van der Waals surface area contributed by atoms with Crippen LogP contribution in [0.2, 0.25) is 0 Å². The first-order valence-corrected chi connectivity index (χ1v) is 8.93. The van der Waals surface area contributed by atoms with E-state index in [2.05, 4.69) is 26.3 Å². The van der Waals surface area contributed by atoms with Crippen LogP contribution in [0.3, 0.4) is 0 Å². The molecular weight excluding hydrogens is 416 g/mol. The van der Waals surface area contributed by atoms with Crippen LogP contribution in [0.25, 0.3) is 0 Å². The van der Waals surface area contributed by atoms with E-state index >= 15 is 0 Å². The molecular formula is C14H17BrN4O3S2. The number of hydroxylamine groups is 2. The number of urea groups is 1. The van der Waals surface area contributed by atoms with Crippen LogP contribution in [0.1, 0.15) is 19.4 Å². The smallest absolute Gasteiger partial charge is 0.343 e. The second kappa shape index (κ2) is 7.26. The Bertz CT molecular complexity index is 699. The predicted molar refractivity (Wildman–Crippen MR) is 101 cm³/mol. The number of benzene rings is 1. The Labute approximate surface area is 157 Å². The van der Waals surface area contributed by atoms with Gasteiger partial charge in [-0.2, -0.15) is 10.2 Å². The summed E-state index contributed by atoms with van der Waals surface area (Å²) < 4.78 is 0.625. The van der Waals surface area contributed by atoms with E-state index in [1.807, 2.05) is 13.8 Å². The first-order chi connectivity index (χ1) is 11.2. The second-order valence-corrected chi connectivity index (χ2v) is 8.74. The summed E-state index contributed by atoms with van der Waals surface area (Å²) in [5.74, 6) is 0.0580. The number of carbonyl (C=O) groups excluding carboxylic acids is 1. The average molecular weight is 433 g/mol. The standard InChI is InChI=1S/C14H17BrN4O3S2/c1-14(2)11(19(22)12(21)16-3)18(13(23)24-14)17-7-8-6-9(15)4-5-10(8)20/h4-7,11,20,22H,1-3H3,(H,16,21)/b17-7-/t11-/m1/s1. The van der Waals surface area contributed by atoms with Crippen molar-refractivity contribution in [3.8, 4) is 5.75 Å². The lowest BCUT2D eigenvalue weighted by molar-refractivity contribution is -0.117. The van der Waals surface area contributed by atoms with Crippen LogP contribution in [-0.2, 0) is 0 Å². The number of aromatic hydroxyl groups is 1.